The van der Waals surface area contributed by atoms with Gasteiger partial charge in [0.05, 0.1) is 0 Å². The lowest BCUT2D eigenvalue weighted by molar-refractivity contribution is 0.385. The summed E-state index contributed by atoms with van der Waals surface area (Å²) in [6.07, 6.45) is 8.69. The van der Waals surface area contributed by atoms with Crippen LogP contribution in [0.15, 0.2) is 42.5 Å². The summed E-state index contributed by atoms with van der Waals surface area (Å²) in [6.45, 7) is 12.7. The highest BCUT2D eigenvalue weighted by atomic mass is 14.1. The standard InChI is InChI=1S/C11H10.C7H14.C3H8.C2H6.2CH4/c1-9-6-7-10-4-2-3-5-11(10)8-9;1-7-5-3-2-4-6-7;1-3-2;1-2;;/h2-8H,1H3;7H,2-6H2,1H3;3H2,1-2H3;1-2H3;2*1H4. The first-order valence-electron chi connectivity index (χ1n) is 9.62. The third-order valence-electron chi connectivity index (χ3n) is 3.80. The van der Waals surface area contributed by atoms with Crippen molar-refractivity contribution in [1.29, 1.82) is 0 Å². The zero-order valence-electron chi connectivity index (χ0n) is 16.4. The Kier molecular flexibility index (Phi) is 21.7. The molecule has 2 aromatic carbocycles. The number of benzene rings is 2. The van der Waals surface area contributed by atoms with Crippen molar-refractivity contribution >= 4 is 10.8 Å². The van der Waals surface area contributed by atoms with Crippen molar-refractivity contribution in [1.82, 2.24) is 0 Å². The fraction of sp³-hybridized carbons (Fsp3) is 0.600. The maximum atomic E-state index is 2.36. The van der Waals surface area contributed by atoms with Crippen molar-refractivity contribution in [2.24, 2.45) is 5.92 Å². The summed E-state index contributed by atoms with van der Waals surface area (Å²) in [6, 6.07) is 14.9. The Hall–Kier alpha value is -1.30. The predicted molar refractivity (Wildman–Crippen MR) is 122 cm³/mol. The van der Waals surface area contributed by atoms with Crippen molar-refractivity contribution in [3.05, 3.63) is 48.0 Å². The number of hydrogen-bond donors (Lipinski definition) is 0. The summed E-state index contributed by atoms with van der Waals surface area (Å²) in [5.74, 6) is 1.04. The van der Waals surface area contributed by atoms with Crippen molar-refractivity contribution in [2.75, 3.05) is 0 Å². The fourth-order valence-corrected chi connectivity index (χ4v) is 2.62. The van der Waals surface area contributed by atoms with Crippen LogP contribution in [0.25, 0.3) is 10.8 Å². The van der Waals surface area contributed by atoms with Gasteiger partial charge in [-0.25, -0.2) is 0 Å². The average Bonchev–Trinajstić information content (AvgIpc) is 2.58. The lowest BCUT2D eigenvalue weighted by Gasteiger charge is -2.15. The highest BCUT2D eigenvalue weighted by molar-refractivity contribution is 5.82. The van der Waals surface area contributed by atoms with Gasteiger partial charge in [-0.15, -0.1) is 0 Å². The minimum Gasteiger partial charge on any atom is -0.0776 e. The van der Waals surface area contributed by atoms with Crippen molar-refractivity contribution < 1.29 is 0 Å². The molecule has 25 heavy (non-hydrogen) atoms. The molecule has 0 radical (unpaired) electrons. The van der Waals surface area contributed by atoms with Crippen molar-refractivity contribution in [2.45, 2.75) is 94.9 Å². The molecule has 0 unspecified atom stereocenters. The van der Waals surface area contributed by atoms with Crippen LogP contribution in [0.5, 0.6) is 0 Å². The minimum atomic E-state index is 0. The van der Waals surface area contributed by atoms with E-state index in [2.05, 4.69) is 70.2 Å². The monoisotopic (exact) mass is 346 g/mol. The van der Waals surface area contributed by atoms with E-state index in [0.29, 0.717) is 0 Å². The van der Waals surface area contributed by atoms with E-state index in [1.807, 2.05) is 13.8 Å². The second-order valence-corrected chi connectivity index (χ2v) is 6.30. The van der Waals surface area contributed by atoms with Gasteiger partial charge in [-0.3, -0.25) is 0 Å². The third kappa shape index (κ3) is 13.6. The van der Waals surface area contributed by atoms with E-state index in [4.69, 9.17) is 0 Å². The first kappa shape index (κ1) is 28.5. The summed E-state index contributed by atoms with van der Waals surface area (Å²) in [5.41, 5.74) is 1.32. The van der Waals surface area contributed by atoms with Crippen LogP contribution in [0.3, 0.4) is 0 Å². The van der Waals surface area contributed by atoms with Gasteiger partial charge in [-0.1, -0.05) is 136 Å². The highest BCUT2D eigenvalue weighted by Crippen LogP contribution is 2.22. The van der Waals surface area contributed by atoms with E-state index in [9.17, 15) is 0 Å². The minimum absolute atomic E-state index is 0. The Balaban J connectivity index is -0.000000304. The van der Waals surface area contributed by atoms with Gasteiger partial charge < -0.3 is 0 Å². The zero-order valence-corrected chi connectivity index (χ0v) is 16.4. The van der Waals surface area contributed by atoms with Crippen LogP contribution in [-0.2, 0) is 0 Å². The summed E-state index contributed by atoms with van der Waals surface area (Å²) in [5, 5.41) is 2.64. The van der Waals surface area contributed by atoms with Crippen molar-refractivity contribution in [3.8, 4) is 0 Å². The zero-order chi connectivity index (χ0) is 17.5. The quantitative estimate of drug-likeness (QED) is 0.445. The topological polar surface area (TPSA) is 0 Å². The first-order chi connectivity index (χ1) is 11.2. The molecule has 1 aliphatic rings. The lowest BCUT2D eigenvalue weighted by Crippen LogP contribution is -1.99. The SMILES string of the molecule is C.C.CC.CC1CCCCC1.CCC.Cc1ccc2ccccc2c1. The van der Waals surface area contributed by atoms with Gasteiger partial charge in [-0.05, 0) is 23.6 Å². The predicted octanol–water partition coefficient (Wildman–Crippen LogP) is 9.45. The molecular formula is C25H46. The smallest absolute Gasteiger partial charge is 0.0181 e. The van der Waals surface area contributed by atoms with Crippen LogP contribution < -0.4 is 0 Å². The van der Waals surface area contributed by atoms with Crippen LogP contribution in [-0.4, -0.2) is 0 Å². The molecule has 146 valence electrons. The molecule has 0 heteroatoms. The highest BCUT2D eigenvalue weighted by Gasteiger charge is 2.05. The molecule has 0 spiro atoms. The second-order valence-electron chi connectivity index (χ2n) is 6.30. The normalized spacial score (nSPS) is 12.6. The molecule has 0 N–H and O–H groups in total. The van der Waals surface area contributed by atoms with Gasteiger partial charge in [-0.2, -0.15) is 0 Å². The maximum absolute atomic E-state index is 2.36. The van der Waals surface area contributed by atoms with E-state index in [1.54, 1.807) is 0 Å². The van der Waals surface area contributed by atoms with E-state index in [0.717, 1.165) is 5.92 Å². The molecule has 0 aliphatic heterocycles. The molecule has 0 bridgehead atoms. The van der Waals surface area contributed by atoms with Gasteiger partial charge in [0.2, 0.25) is 0 Å². The van der Waals surface area contributed by atoms with Gasteiger partial charge in [0.25, 0.3) is 0 Å². The second kappa shape index (κ2) is 19.0. The first-order valence-corrected chi connectivity index (χ1v) is 9.62. The summed E-state index contributed by atoms with van der Waals surface area (Å²) in [4.78, 5) is 0. The molecule has 1 aliphatic carbocycles. The number of rotatable bonds is 0. The molecule has 0 heterocycles. The van der Waals surface area contributed by atoms with E-state index >= 15 is 0 Å². The summed E-state index contributed by atoms with van der Waals surface area (Å²) >= 11 is 0. The number of hydrogen-bond acceptors (Lipinski definition) is 0. The molecule has 0 aromatic heterocycles. The van der Waals surface area contributed by atoms with Gasteiger partial charge in [0.1, 0.15) is 0 Å². The van der Waals surface area contributed by atoms with Crippen LogP contribution in [0, 0.1) is 12.8 Å². The van der Waals surface area contributed by atoms with E-state index in [-0.39, 0.29) is 14.9 Å². The molecule has 1 fully saturated rings. The maximum Gasteiger partial charge on any atom is -0.0181 e. The number of fused-ring (bicyclic) bond motifs is 1. The Morgan fingerprint density at radius 3 is 1.72 bits per heavy atom. The molecule has 0 saturated heterocycles. The van der Waals surface area contributed by atoms with Gasteiger partial charge in [0, 0.05) is 0 Å². The summed E-state index contributed by atoms with van der Waals surface area (Å²) < 4.78 is 0. The Morgan fingerprint density at radius 1 is 0.800 bits per heavy atom. The summed E-state index contributed by atoms with van der Waals surface area (Å²) in [7, 11) is 0. The van der Waals surface area contributed by atoms with Gasteiger partial charge >= 0.3 is 0 Å². The van der Waals surface area contributed by atoms with Crippen molar-refractivity contribution in [3.63, 3.8) is 0 Å². The van der Waals surface area contributed by atoms with Crippen LogP contribution in [0.1, 0.15) is 93.6 Å². The molecular weight excluding hydrogens is 300 g/mol. The van der Waals surface area contributed by atoms with Crippen LogP contribution >= 0.6 is 0 Å². The van der Waals surface area contributed by atoms with Crippen LogP contribution in [0.2, 0.25) is 0 Å². The van der Waals surface area contributed by atoms with Gasteiger partial charge in [0.15, 0.2) is 0 Å². The average molecular weight is 347 g/mol. The Morgan fingerprint density at radius 2 is 1.28 bits per heavy atom. The van der Waals surface area contributed by atoms with Crippen LogP contribution in [0.4, 0.5) is 0 Å². The molecule has 1 saturated carbocycles. The third-order valence-corrected chi connectivity index (χ3v) is 3.80. The Bertz CT molecular complexity index is 492. The molecule has 0 amide bonds. The fourth-order valence-electron chi connectivity index (χ4n) is 2.62. The molecule has 3 rings (SSSR count). The Labute approximate surface area is 160 Å². The van der Waals surface area contributed by atoms with E-state index < -0.39 is 0 Å². The number of aryl methyl sites for hydroxylation is 1. The molecule has 2 aromatic rings. The molecule has 0 atom stereocenters. The molecule has 0 nitrogen and oxygen atoms in total. The van der Waals surface area contributed by atoms with E-state index in [1.165, 1.54) is 54.9 Å². The lowest BCUT2D eigenvalue weighted by atomic mass is 9.91. The largest absolute Gasteiger partial charge is 0.0776 e.